The molecule has 0 radical (unpaired) electrons. The fourth-order valence-corrected chi connectivity index (χ4v) is 9.62. The zero-order valence-corrected chi connectivity index (χ0v) is 54.6. The van der Waals surface area contributed by atoms with Gasteiger partial charge in [0.15, 0.2) is 6.10 Å². The molecule has 0 aliphatic carbocycles. The van der Waals surface area contributed by atoms with Gasteiger partial charge in [-0.25, -0.2) is 4.79 Å². The smallest absolute Gasteiger partial charge is 0.361 e. The third kappa shape index (κ3) is 65.6. The highest BCUT2D eigenvalue weighted by molar-refractivity contribution is 5.71. The number of carboxylic acid groups (broad SMARTS) is 1. The van der Waals surface area contributed by atoms with Gasteiger partial charge >= 0.3 is 17.9 Å². The van der Waals surface area contributed by atoms with Crippen LogP contribution in [-0.2, 0) is 33.3 Å². The van der Waals surface area contributed by atoms with Crippen LogP contribution in [0.15, 0.2) is 97.2 Å². The first kappa shape index (κ1) is 79.2. The summed E-state index contributed by atoms with van der Waals surface area (Å²) in [6.07, 6.45) is 85.1. The second-order valence-electron chi connectivity index (χ2n) is 24.1. The minimum atomic E-state index is -1.51. The normalized spacial score (nSPS) is 13.3. The number of esters is 2. The molecule has 0 fully saturated rings. The number of hydrogen-bond acceptors (Lipinski definition) is 7. The number of ether oxygens (including phenoxy) is 4. The molecule has 0 aliphatic heterocycles. The summed E-state index contributed by atoms with van der Waals surface area (Å²) < 4.78 is 23.0. The highest BCUT2D eigenvalue weighted by atomic mass is 16.7. The van der Waals surface area contributed by atoms with Crippen LogP contribution >= 0.6 is 0 Å². The summed E-state index contributed by atoms with van der Waals surface area (Å²) in [6.45, 7) is 4.80. The summed E-state index contributed by atoms with van der Waals surface area (Å²) in [5.41, 5.74) is 0. The standard InChI is InChI=1S/C74H129NO8/c1-6-8-10-12-14-16-18-20-22-24-26-28-29-30-31-32-33-34-35-36-37-38-39-40-41-42-43-45-47-49-51-53-55-57-59-61-63-65-72(77)83-70(69-82-74(73(78)79)80-67-66-75(3,4)5)68-81-71(76)64-62-60-58-56-54-52-50-48-46-44-27-25-23-21-19-17-15-13-11-9-7-2/h8,10,14,16,20,22,26,28,30-31,33-34,36-37,39-40,70,74H,6-7,9,11-13,15,17-19,21,23-25,27,29,32,35,38,41-69H2,1-5H3/p+1/b10-8-,16-14-,22-20-,28-26-,31-30-,34-33-,37-36-,40-39-. The van der Waals surface area contributed by atoms with Gasteiger partial charge in [-0.2, -0.15) is 0 Å². The van der Waals surface area contributed by atoms with E-state index in [1.54, 1.807) is 0 Å². The van der Waals surface area contributed by atoms with Crippen molar-refractivity contribution in [1.29, 1.82) is 0 Å². The molecule has 478 valence electrons. The summed E-state index contributed by atoms with van der Waals surface area (Å²) in [4.78, 5) is 37.6. The van der Waals surface area contributed by atoms with Gasteiger partial charge in [0.2, 0.25) is 0 Å². The van der Waals surface area contributed by atoms with Crippen molar-refractivity contribution in [1.82, 2.24) is 0 Å². The summed E-state index contributed by atoms with van der Waals surface area (Å²) in [5.74, 6) is -2.00. The van der Waals surface area contributed by atoms with E-state index in [0.29, 0.717) is 23.9 Å². The number of carbonyl (C=O) groups excluding carboxylic acids is 2. The molecule has 9 nitrogen and oxygen atoms in total. The predicted octanol–water partition coefficient (Wildman–Crippen LogP) is 21.2. The van der Waals surface area contributed by atoms with Crippen LogP contribution in [0.1, 0.15) is 296 Å². The summed E-state index contributed by atoms with van der Waals surface area (Å²) >= 11 is 0. The maximum atomic E-state index is 12.9. The quantitative estimate of drug-likeness (QED) is 0.0211. The molecule has 0 amide bonds. The van der Waals surface area contributed by atoms with Crippen LogP contribution in [0.5, 0.6) is 0 Å². The van der Waals surface area contributed by atoms with Gasteiger partial charge in [-0.15, -0.1) is 0 Å². The van der Waals surface area contributed by atoms with Gasteiger partial charge in [-0.05, 0) is 77.0 Å². The number of carbonyl (C=O) groups is 3. The first-order valence-corrected chi connectivity index (χ1v) is 34.4. The molecule has 2 atom stereocenters. The van der Waals surface area contributed by atoms with E-state index in [1.807, 2.05) is 21.1 Å². The third-order valence-corrected chi connectivity index (χ3v) is 14.9. The highest BCUT2D eigenvalue weighted by Gasteiger charge is 2.25. The molecule has 0 aromatic rings. The molecule has 0 saturated heterocycles. The van der Waals surface area contributed by atoms with Crippen LogP contribution < -0.4 is 0 Å². The topological polar surface area (TPSA) is 108 Å². The van der Waals surface area contributed by atoms with Crippen LogP contribution in [-0.4, -0.2) is 87.4 Å². The van der Waals surface area contributed by atoms with Gasteiger partial charge in [0.05, 0.1) is 34.4 Å². The molecule has 0 spiro atoms. The number of unbranched alkanes of at least 4 members (excludes halogenated alkanes) is 32. The third-order valence-electron chi connectivity index (χ3n) is 14.9. The SMILES string of the molecule is CC/C=C\C/C=C\C/C=C\C/C=C\C/C=C\C/C=C\C/C=C\C/C=C\CCCCCCCCCCCCCCC(=O)OC(COC(=O)CCCCCCCCCCCCCCCCCCCCCCC)COC(OCC[N+](C)(C)C)C(=O)O. The molecule has 0 aromatic carbocycles. The molecule has 0 aromatic heterocycles. The molecular weight excluding hydrogens is 1030 g/mol. The summed E-state index contributed by atoms with van der Waals surface area (Å²) in [6, 6.07) is 0. The van der Waals surface area contributed by atoms with Crippen LogP contribution in [0.3, 0.4) is 0 Å². The van der Waals surface area contributed by atoms with Gasteiger partial charge in [-0.1, -0.05) is 304 Å². The van der Waals surface area contributed by atoms with Crippen molar-refractivity contribution in [2.75, 3.05) is 47.5 Å². The molecule has 0 rings (SSSR count). The van der Waals surface area contributed by atoms with Gasteiger partial charge in [-0.3, -0.25) is 9.59 Å². The molecule has 0 heterocycles. The Morgan fingerprint density at radius 1 is 0.373 bits per heavy atom. The zero-order valence-electron chi connectivity index (χ0n) is 54.6. The Kier molecular flexibility index (Phi) is 61.3. The number of carboxylic acids is 1. The van der Waals surface area contributed by atoms with Crippen LogP contribution in [0, 0.1) is 0 Å². The largest absolute Gasteiger partial charge is 0.477 e. The van der Waals surface area contributed by atoms with E-state index < -0.39 is 24.3 Å². The highest BCUT2D eigenvalue weighted by Crippen LogP contribution is 2.18. The second kappa shape index (κ2) is 64.2. The lowest BCUT2D eigenvalue weighted by Gasteiger charge is -2.25. The fourth-order valence-electron chi connectivity index (χ4n) is 9.62. The number of nitrogens with zero attached hydrogens (tertiary/aromatic N) is 1. The Hall–Kier alpha value is -3.79. The Bertz CT molecular complexity index is 1680. The lowest BCUT2D eigenvalue weighted by molar-refractivity contribution is -0.870. The first-order valence-electron chi connectivity index (χ1n) is 34.4. The maximum Gasteiger partial charge on any atom is 0.361 e. The Labute approximate surface area is 512 Å². The number of allylic oxidation sites excluding steroid dienone is 16. The molecule has 9 heteroatoms. The summed E-state index contributed by atoms with van der Waals surface area (Å²) in [7, 11) is 5.98. The van der Waals surface area contributed by atoms with E-state index in [1.165, 1.54) is 173 Å². The van der Waals surface area contributed by atoms with Crippen molar-refractivity contribution >= 4 is 17.9 Å². The van der Waals surface area contributed by atoms with E-state index in [9.17, 15) is 19.5 Å². The van der Waals surface area contributed by atoms with Crippen LogP contribution in [0.25, 0.3) is 0 Å². The molecule has 0 aliphatic rings. The fraction of sp³-hybridized carbons (Fsp3) is 0.743. The molecule has 83 heavy (non-hydrogen) atoms. The molecule has 1 N–H and O–H groups in total. The van der Waals surface area contributed by atoms with E-state index >= 15 is 0 Å². The van der Waals surface area contributed by atoms with Crippen molar-refractivity contribution in [2.24, 2.45) is 0 Å². The minimum Gasteiger partial charge on any atom is -0.477 e. The van der Waals surface area contributed by atoms with Crippen LogP contribution in [0.4, 0.5) is 0 Å². The van der Waals surface area contributed by atoms with E-state index in [-0.39, 0.29) is 32.2 Å². The number of aliphatic carboxylic acids is 1. The van der Waals surface area contributed by atoms with E-state index in [2.05, 4.69) is 111 Å². The second-order valence-corrected chi connectivity index (χ2v) is 24.1. The average molecular weight is 1160 g/mol. The van der Waals surface area contributed by atoms with Crippen molar-refractivity contribution < 1.29 is 42.9 Å². The van der Waals surface area contributed by atoms with Crippen molar-refractivity contribution in [3.8, 4) is 0 Å². The Morgan fingerprint density at radius 2 is 0.687 bits per heavy atom. The van der Waals surface area contributed by atoms with E-state index in [0.717, 1.165) is 89.9 Å². The number of rotatable bonds is 63. The maximum absolute atomic E-state index is 12.9. The number of hydrogen-bond donors (Lipinski definition) is 1. The molecule has 0 saturated carbocycles. The van der Waals surface area contributed by atoms with Gasteiger partial charge in [0, 0.05) is 12.8 Å². The van der Waals surface area contributed by atoms with Crippen LogP contribution in [0.2, 0.25) is 0 Å². The average Bonchev–Trinajstić information content (AvgIpc) is 3.46. The van der Waals surface area contributed by atoms with Crippen molar-refractivity contribution in [2.45, 2.75) is 309 Å². The lowest BCUT2D eigenvalue weighted by atomic mass is 10.0. The van der Waals surface area contributed by atoms with Gasteiger partial charge < -0.3 is 28.5 Å². The van der Waals surface area contributed by atoms with Crippen molar-refractivity contribution in [3.63, 3.8) is 0 Å². The Balaban J connectivity index is 4.12. The van der Waals surface area contributed by atoms with Crippen molar-refractivity contribution in [3.05, 3.63) is 97.2 Å². The first-order chi connectivity index (χ1) is 40.6. The Morgan fingerprint density at radius 3 is 1.02 bits per heavy atom. The summed E-state index contributed by atoms with van der Waals surface area (Å²) in [5, 5.41) is 9.74. The molecular formula is C74H130NO8+. The molecule has 0 bridgehead atoms. The van der Waals surface area contributed by atoms with Gasteiger partial charge in [0.1, 0.15) is 13.2 Å². The lowest BCUT2D eigenvalue weighted by Crippen LogP contribution is -2.40. The minimum absolute atomic E-state index is 0.182. The predicted molar refractivity (Wildman–Crippen MR) is 355 cm³/mol. The van der Waals surface area contributed by atoms with E-state index in [4.69, 9.17) is 18.9 Å². The van der Waals surface area contributed by atoms with Gasteiger partial charge in [0.25, 0.3) is 6.29 Å². The molecule has 2 unspecified atom stereocenters. The number of quaternary nitrogens is 1. The number of likely N-dealkylation sites (N-methyl/N-ethyl adjacent to an activating group) is 1. The monoisotopic (exact) mass is 1160 g/mol. The zero-order chi connectivity index (χ0) is 60.5.